The van der Waals surface area contributed by atoms with Gasteiger partial charge in [0.15, 0.2) is 0 Å². The number of carbonyl (C=O) groups excluding carboxylic acids is 4. The third kappa shape index (κ3) is 17.9. The summed E-state index contributed by atoms with van der Waals surface area (Å²) in [6, 6.07) is 0.217. The van der Waals surface area contributed by atoms with E-state index in [1.807, 2.05) is 19.6 Å². The number of nitrogens with one attached hydrogen (secondary N) is 4. The van der Waals surface area contributed by atoms with Gasteiger partial charge in [0.1, 0.15) is 0 Å². The molecule has 0 bridgehead atoms. The minimum Gasteiger partial charge on any atom is -0.337 e. The van der Waals surface area contributed by atoms with Crippen molar-refractivity contribution in [1.29, 1.82) is 0 Å². The number of carbonyl (C=O) groups is 4. The number of rotatable bonds is 8. The van der Waals surface area contributed by atoms with Crippen molar-refractivity contribution in [2.45, 2.75) is 286 Å². The van der Waals surface area contributed by atoms with E-state index in [4.69, 9.17) is 0 Å². The first-order valence-corrected chi connectivity index (χ1v) is 31.9. The Kier molecular flexibility index (Phi) is 24.6. The van der Waals surface area contributed by atoms with E-state index in [-0.39, 0.29) is 46.3 Å². The van der Waals surface area contributed by atoms with Crippen LogP contribution in [-0.4, -0.2) is 142 Å². The van der Waals surface area contributed by atoms with Crippen LogP contribution >= 0.6 is 0 Å². The van der Waals surface area contributed by atoms with E-state index in [1.54, 1.807) is 0 Å². The molecule has 0 spiro atoms. The fourth-order valence-electron chi connectivity index (χ4n) is 15.5. The van der Waals surface area contributed by atoms with Crippen molar-refractivity contribution in [2.24, 2.45) is 47.3 Å². The van der Waals surface area contributed by atoms with Crippen molar-refractivity contribution >= 4 is 23.6 Å². The van der Waals surface area contributed by atoms with Crippen molar-refractivity contribution in [1.82, 2.24) is 40.9 Å². The van der Waals surface area contributed by atoms with E-state index in [2.05, 4.69) is 132 Å². The number of nitrogens with zero attached hydrogens (tertiary/aromatic N) is 4. The van der Waals surface area contributed by atoms with Crippen LogP contribution in [0, 0.1) is 47.3 Å². The van der Waals surface area contributed by atoms with Crippen LogP contribution in [-0.2, 0) is 19.2 Å². The first-order valence-electron chi connectivity index (χ1n) is 31.9. The zero-order chi connectivity index (χ0) is 56.2. The summed E-state index contributed by atoms with van der Waals surface area (Å²) in [5.74, 6) is 7.63. The maximum absolute atomic E-state index is 12.7. The Morgan fingerprint density at radius 2 is 0.461 bits per heavy atom. The summed E-state index contributed by atoms with van der Waals surface area (Å²) in [5.41, 5.74) is -0.290. The van der Waals surface area contributed by atoms with Gasteiger partial charge in [-0.15, -0.1) is 0 Å². The normalized spacial score (nSPS) is 31.7. The first-order chi connectivity index (χ1) is 35.7. The highest BCUT2D eigenvalue weighted by Gasteiger charge is 2.42. The molecule has 4 aliphatic heterocycles. The third-order valence-electron chi connectivity index (χ3n) is 19.7. The summed E-state index contributed by atoms with van der Waals surface area (Å²) in [6.07, 6.45) is 25.9. The summed E-state index contributed by atoms with van der Waals surface area (Å²) in [4.78, 5) is 58.9. The van der Waals surface area contributed by atoms with E-state index in [9.17, 15) is 19.2 Å². The highest BCUT2D eigenvalue weighted by molar-refractivity contribution is 5.84. The molecule has 12 unspecified atom stereocenters. The fraction of sp³-hybridized carbons (Fsp3) is 0.938. The summed E-state index contributed by atoms with van der Waals surface area (Å²) in [6.45, 7) is 41.2. The zero-order valence-corrected chi connectivity index (χ0v) is 52.1. The van der Waals surface area contributed by atoms with Gasteiger partial charge in [0.05, 0.1) is 24.2 Å². The number of likely N-dealkylation sites (N-methyl/N-ethyl adjacent to an activating group) is 4. The fourth-order valence-corrected chi connectivity index (χ4v) is 15.5. The lowest BCUT2D eigenvalue weighted by molar-refractivity contribution is -0.140. The molecule has 8 fully saturated rings. The van der Waals surface area contributed by atoms with Gasteiger partial charge >= 0.3 is 0 Å². The monoisotopic (exact) mass is 1060 g/mol. The Morgan fingerprint density at radius 1 is 0.303 bits per heavy atom. The molecule has 4 N–H and O–H groups in total. The van der Waals surface area contributed by atoms with Gasteiger partial charge in [0, 0.05) is 48.3 Å². The second-order valence-corrected chi connectivity index (χ2v) is 29.0. The van der Waals surface area contributed by atoms with Crippen molar-refractivity contribution in [3.63, 3.8) is 0 Å². The number of fused-ring (bicyclic) bond motifs is 4. The van der Waals surface area contributed by atoms with Crippen molar-refractivity contribution in [3.05, 3.63) is 0 Å². The van der Waals surface area contributed by atoms with Gasteiger partial charge < -0.3 is 40.9 Å². The average molecular weight is 1070 g/mol. The van der Waals surface area contributed by atoms with Crippen LogP contribution in [0.25, 0.3) is 0 Å². The molecule has 8 rings (SSSR count). The van der Waals surface area contributed by atoms with Crippen LogP contribution < -0.4 is 21.3 Å². The van der Waals surface area contributed by atoms with Crippen LogP contribution in [0.2, 0.25) is 0 Å². The summed E-state index contributed by atoms with van der Waals surface area (Å²) in [7, 11) is 0. The van der Waals surface area contributed by atoms with Crippen LogP contribution in [0.3, 0.4) is 0 Å². The molecule has 4 saturated heterocycles. The topological polar surface area (TPSA) is 129 Å². The first kappa shape index (κ1) is 64.5. The Balaban J connectivity index is 0.000000187. The Labute approximate surface area is 467 Å². The molecule has 76 heavy (non-hydrogen) atoms. The lowest BCUT2D eigenvalue weighted by atomic mass is 9.73. The van der Waals surface area contributed by atoms with Crippen LogP contribution in [0.15, 0.2) is 0 Å². The third-order valence-corrected chi connectivity index (χ3v) is 19.7. The lowest BCUT2D eigenvalue weighted by Crippen LogP contribution is -2.57. The summed E-state index contributed by atoms with van der Waals surface area (Å²) < 4.78 is 0. The highest BCUT2D eigenvalue weighted by atomic mass is 16.2. The van der Waals surface area contributed by atoms with Crippen LogP contribution in [0.5, 0.6) is 0 Å². The predicted octanol–water partition coefficient (Wildman–Crippen LogP) is 11.2. The van der Waals surface area contributed by atoms with Crippen molar-refractivity contribution < 1.29 is 19.2 Å². The van der Waals surface area contributed by atoms with E-state index >= 15 is 0 Å². The van der Waals surface area contributed by atoms with Crippen LogP contribution in [0.1, 0.15) is 239 Å². The summed E-state index contributed by atoms with van der Waals surface area (Å²) >= 11 is 0. The van der Waals surface area contributed by atoms with E-state index in [0.717, 1.165) is 125 Å². The smallest absolute Gasteiger partial charge is 0.240 e. The molecular weight excluding hydrogens is 945 g/mol. The molecule has 8 aliphatic rings. The zero-order valence-electron chi connectivity index (χ0n) is 52.1. The molecule has 0 radical (unpaired) electrons. The maximum Gasteiger partial charge on any atom is 0.240 e. The molecule has 12 nitrogen and oxygen atoms in total. The Hall–Kier alpha value is -2.28. The molecule has 4 saturated carbocycles. The van der Waals surface area contributed by atoms with Crippen molar-refractivity contribution in [3.8, 4) is 0 Å². The average Bonchev–Trinajstić information content (AvgIpc) is 3.37. The Morgan fingerprint density at radius 3 is 0.605 bits per heavy atom. The standard InChI is InChI=1S/4C16H30N2O/c4*1-5-18(16(2,3)4)15(19)14-10-12-8-6-7-9-13(12)11-17-14/h4*12-14,17H,5-11H2,1-4H3. The molecule has 0 aromatic carbocycles. The van der Waals surface area contributed by atoms with E-state index < -0.39 is 0 Å². The predicted molar refractivity (Wildman–Crippen MR) is 316 cm³/mol. The lowest BCUT2D eigenvalue weighted by Gasteiger charge is -2.43. The van der Waals surface area contributed by atoms with Gasteiger partial charge in [0.2, 0.25) is 23.6 Å². The second-order valence-electron chi connectivity index (χ2n) is 29.0. The van der Waals surface area contributed by atoms with Crippen molar-refractivity contribution in [2.75, 3.05) is 52.4 Å². The molecule has 0 aromatic heterocycles. The quantitative estimate of drug-likeness (QED) is 0.189. The molecule has 4 heterocycles. The molecule has 12 atom stereocenters. The minimum absolute atomic E-state index is 0.0542. The van der Waals surface area contributed by atoms with Gasteiger partial charge in [0.25, 0.3) is 0 Å². The van der Waals surface area contributed by atoms with E-state index in [1.165, 1.54) is 103 Å². The molecule has 4 amide bonds. The number of hydrogen-bond acceptors (Lipinski definition) is 8. The van der Waals surface area contributed by atoms with Gasteiger partial charge in [-0.2, -0.15) is 0 Å². The molecule has 440 valence electrons. The molecule has 12 heteroatoms. The van der Waals surface area contributed by atoms with Gasteiger partial charge in [-0.3, -0.25) is 19.2 Å². The van der Waals surface area contributed by atoms with Gasteiger partial charge in [-0.05, 0) is 236 Å². The highest BCUT2D eigenvalue weighted by Crippen LogP contribution is 2.40. The minimum atomic E-state index is -0.0725. The SMILES string of the molecule is CCN(C(=O)C1CC2CCCCC2CN1)C(C)(C)C.CCN(C(=O)C1CC2CCCCC2CN1)C(C)(C)C.CCN(C(=O)C1CC2CCCCC2CN1)C(C)(C)C.CCN(C(=O)C1CC2CCCCC2CN1)C(C)(C)C. The summed E-state index contributed by atoms with van der Waals surface area (Å²) in [5, 5.41) is 14.1. The van der Waals surface area contributed by atoms with Gasteiger partial charge in [-0.1, -0.05) is 77.0 Å². The van der Waals surface area contributed by atoms with Gasteiger partial charge in [-0.25, -0.2) is 0 Å². The maximum atomic E-state index is 12.7. The molecular formula is C64H120N8O4. The van der Waals surface area contributed by atoms with E-state index in [0.29, 0.717) is 23.6 Å². The largest absolute Gasteiger partial charge is 0.337 e. The Bertz CT molecular complexity index is 1540. The molecule has 4 aliphatic carbocycles. The molecule has 0 aromatic rings. The number of hydrogen-bond donors (Lipinski definition) is 4. The second kappa shape index (κ2) is 28.9. The number of piperidine rings is 4. The number of amides is 4. The van der Waals surface area contributed by atoms with Crippen LogP contribution in [0.4, 0.5) is 0 Å².